The minimum atomic E-state index is -0.310. The number of halogens is 1. The molecule has 3 rings (SSSR count). The summed E-state index contributed by atoms with van der Waals surface area (Å²) in [6.07, 6.45) is 2.65. The number of anilines is 1. The Labute approximate surface area is 207 Å². The summed E-state index contributed by atoms with van der Waals surface area (Å²) >= 11 is 6.17. The number of nitriles is 1. The minimum Gasteiger partial charge on any atom is -0.489 e. The number of aliphatic hydroxyl groups excluding tert-OH is 1. The number of amides is 1. The van der Waals surface area contributed by atoms with E-state index >= 15 is 0 Å². The fourth-order valence-electron chi connectivity index (χ4n) is 5.20. The van der Waals surface area contributed by atoms with Crippen molar-refractivity contribution in [3.05, 3.63) is 58.6 Å². The minimum absolute atomic E-state index is 0.0873. The van der Waals surface area contributed by atoms with Crippen molar-refractivity contribution in [3.63, 3.8) is 0 Å². The zero-order valence-corrected chi connectivity index (χ0v) is 21.1. The molecule has 2 aromatic carbocycles. The first-order valence-corrected chi connectivity index (χ1v) is 12.1. The monoisotopic (exact) mass is 483 g/mol. The van der Waals surface area contributed by atoms with Crippen LogP contribution in [0.15, 0.2) is 42.5 Å². The first-order chi connectivity index (χ1) is 16.1. The number of unbranched alkanes of at least 4 members (excludes halogenated alkanes) is 2. The average molecular weight is 484 g/mol. The summed E-state index contributed by atoms with van der Waals surface area (Å²) in [7, 11) is 0. The predicted molar refractivity (Wildman–Crippen MR) is 135 cm³/mol. The van der Waals surface area contributed by atoms with E-state index in [2.05, 4.69) is 44.4 Å². The quantitative estimate of drug-likeness (QED) is 0.393. The van der Waals surface area contributed by atoms with Gasteiger partial charge in [-0.05, 0) is 55.7 Å². The molecule has 0 aromatic heterocycles. The van der Waals surface area contributed by atoms with Crippen LogP contribution in [0.3, 0.4) is 0 Å². The molecule has 1 fully saturated rings. The van der Waals surface area contributed by atoms with Crippen LogP contribution in [0.25, 0.3) is 0 Å². The summed E-state index contributed by atoms with van der Waals surface area (Å²) in [5, 5.41) is 24.8. The van der Waals surface area contributed by atoms with E-state index in [1.807, 2.05) is 24.3 Å². The normalized spacial score (nSPS) is 20.0. The van der Waals surface area contributed by atoms with Gasteiger partial charge in [-0.15, -0.1) is 0 Å². The lowest BCUT2D eigenvalue weighted by atomic mass is 9.49. The molecular formula is C27H34ClN3O3. The molecule has 0 radical (unpaired) electrons. The fraction of sp³-hybridized carbons (Fsp3) is 0.481. The van der Waals surface area contributed by atoms with Crippen LogP contribution < -0.4 is 15.4 Å². The summed E-state index contributed by atoms with van der Waals surface area (Å²) in [4.78, 5) is 13.0. The Kier molecular flexibility index (Phi) is 8.12. The Bertz CT molecular complexity index is 1030. The van der Waals surface area contributed by atoms with Gasteiger partial charge in [-0.25, -0.2) is 0 Å². The van der Waals surface area contributed by atoms with Gasteiger partial charge in [0.2, 0.25) is 0 Å². The van der Waals surface area contributed by atoms with E-state index in [0.717, 1.165) is 31.5 Å². The molecule has 6 nitrogen and oxygen atoms in total. The maximum Gasteiger partial charge on any atom is 0.251 e. The molecule has 1 aliphatic carbocycles. The number of ether oxygens (including phenoxy) is 1. The van der Waals surface area contributed by atoms with E-state index in [0.29, 0.717) is 21.9 Å². The molecule has 0 spiro atoms. The molecule has 34 heavy (non-hydrogen) atoms. The molecule has 0 bridgehead atoms. The number of benzene rings is 2. The SMILES string of the molecule is CC1(C)C(NC(=O)c2ccc(NCCCCCO)cc2)C(C)(C)C1Oc1ccc(C#N)c(Cl)c1. The van der Waals surface area contributed by atoms with Crippen LogP contribution >= 0.6 is 11.6 Å². The lowest BCUT2D eigenvalue weighted by molar-refractivity contribution is -0.164. The number of carbonyl (C=O) groups excluding carboxylic acids is 1. The number of nitrogens with one attached hydrogen (secondary N) is 2. The van der Waals surface area contributed by atoms with E-state index in [1.54, 1.807) is 18.2 Å². The second-order valence-electron chi connectivity index (χ2n) is 10.1. The molecule has 3 N–H and O–H groups in total. The Morgan fingerprint density at radius 1 is 1.09 bits per heavy atom. The molecule has 1 saturated carbocycles. The molecule has 0 saturated heterocycles. The van der Waals surface area contributed by atoms with Crippen molar-refractivity contribution in [2.45, 2.75) is 59.1 Å². The first kappa shape index (κ1) is 25.9. The number of hydrogen-bond donors (Lipinski definition) is 3. The van der Waals surface area contributed by atoms with Crippen molar-refractivity contribution in [3.8, 4) is 11.8 Å². The van der Waals surface area contributed by atoms with Crippen molar-refractivity contribution in [1.82, 2.24) is 5.32 Å². The zero-order valence-electron chi connectivity index (χ0n) is 20.3. The van der Waals surface area contributed by atoms with E-state index in [4.69, 9.17) is 26.7 Å². The van der Waals surface area contributed by atoms with Crippen LogP contribution in [0, 0.1) is 22.2 Å². The Hall–Kier alpha value is -2.75. The third-order valence-corrected chi connectivity index (χ3v) is 7.05. The Morgan fingerprint density at radius 2 is 1.76 bits per heavy atom. The maximum atomic E-state index is 13.0. The summed E-state index contributed by atoms with van der Waals surface area (Å²) in [5.41, 5.74) is 1.37. The van der Waals surface area contributed by atoms with E-state index in [1.165, 1.54) is 0 Å². The van der Waals surface area contributed by atoms with Gasteiger partial charge in [0.25, 0.3) is 5.91 Å². The maximum absolute atomic E-state index is 13.0. The van der Waals surface area contributed by atoms with Gasteiger partial charge in [-0.2, -0.15) is 5.26 Å². The Morgan fingerprint density at radius 3 is 2.35 bits per heavy atom. The highest BCUT2D eigenvalue weighted by molar-refractivity contribution is 6.31. The van der Waals surface area contributed by atoms with Crippen molar-refractivity contribution < 1.29 is 14.6 Å². The molecule has 1 amide bonds. The first-order valence-electron chi connectivity index (χ1n) is 11.7. The van der Waals surface area contributed by atoms with Crippen molar-refractivity contribution in [1.29, 1.82) is 5.26 Å². The second-order valence-corrected chi connectivity index (χ2v) is 10.5. The van der Waals surface area contributed by atoms with Crippen LogP contribution in [0.1, 0.15) is 62.9 Å². The third-order valence-electron chi connectivity index (χ3n) is 6.74. The lowest BCUT2D eigenvalue weighted by Crippen LogP contribution is -2.74. The van der Waals surface area contributed by atoms with Gasteiger partial charge in [0.1, 0.15) is 17.9 Å². The van der Waals surface area contributed by atoms with Crippen LogP contribution in [0.5, 0.6) is 5.75 Å². The number of aliphatic hydroxyl groups is 1. The van der Waals surface area contributed by atoms with Crippen molar-refractivity contribution in [2.75, 3.05) is 18.5 Å². The van der Waals surface area contributed by atoms with Gasteiger partial charge < -0.3 is 20.5 Å². The van der Waals surface area contributed by atoms with Gasteiger partial charge in [0.05, 0.1) is 10.6 Å². The number of carbonyl (C=O) groups is 1. The van der Waals surface area contributed by atoms with Crippen LogP contribution in [0.2, 0.25) is 5.02 Å². The Balaban J connectivity index is 1.60. The van der Waals surface area contributed by atoms with Gasteiger partial charge in [0.15, 0.2) is 0 Å². The number of hydrogen-bond acceptors (Lipinski definition) is 5. The summed E-state index contributed by atoms with van der Waals surface area (Å²) in [6.45, 7) is 9.41. The standard InChI is InChI=1S/C27H34ClN3O3/c1-26(2)24(27(3,4)25(26)34-21-13-10-19(17-29)22(28)16-21)31-23(33)18-8-11-20(12-9-18)30-14-6-5-7-15-32/h8-13,16,24-25,30,32H,5-7,14-15H2,1-4H3,(H,31,33). The largest absolute Gasteiger partial charge is 0.489 e. The lowest BCUT2D eigenvalue weighted by Gasteiger charge is -2.63. The molecule has 0 atom stereocenters. The van der Waals surface area contributed by atoms with Gasteiger partial charge >= 0.3 is 0 Å². The summed E-state index contributed by atoms with van der Waals surface area (Å²) in [5.74, 6) is 0.500. The van der Waals surface area contributed by atoms with Crippen molar-refractivity contribution in [2.24, 2.45) is 10.8 Å². The van der Waals surface area contributed by atoms with E-state index in [9.17, 15) is 4.79 Å². The van der Waals surface area contributed by atoms with Crippen LogP contribution in [-0.4, -0.2) is 36.3 Å². The third kappa shape index (κ3) is 5.48. The van der Waals surface area contributed by atoms with E-state index < -0.39 is 0 Å². The van der Waals surface area contributed by atoms with Gasteiger partial charge in [0, 0.05) is 47.3 Å². The topological polar surface area (TPSA) is 94.4 Å². The molecule has 1 aliphatic rings. The molecule has 0 aliphatic heterocycles. The van der Waals surface area contributed by atoms with Gasteiger partial charge in [-0.1, -0.05) is 39.3 Å². The smallest absolute Gasteiger partial charge is 0.251 e. The highest BCUT2D eigenvalue weighted by Crippen LogP contribution is 2.55. The van der Waals surface area contributed by atoms with Gasteiger partial charge in [-0.3, -0.25) is 4.79 Å². The second kappa shape index (κ2) is 10.7. The fourth-order valence-corrected chi connectivity index (χ4v) is 5.41. The molecule has 0 unspecified atom stereocenters. The van der Waals surface area contributed by atoms with Crippen LogP contribution in [0.4, 0.5) is 5.69 Å². The number of nitrogens with zero attached hydrogens (tertiary/aromatic N) is 1. The summed E-state index contributed by atoms with van der Waals surface area (Å²) in [6, 6.07) is 14.5. The van der Waals surface area contributed by atoms with E-state index in [-0.39, 0.29) is 35.5 Å². The molecular weight excluding hydrogens is 450 g/mol. The highest BCUT2D eigenvalue weighted by atomic mass is 35.5. The molecule has 7 heteroatoms. The van der Waals surface area contributed by atoms with Crippen LogP contribution in [-0.2, 0) is 0 Å². The number of rotatable bonds is 10. The predicted octanol–water partition coefficient (Wildman–Crippen LogP) is 5.40. The molecule has 182 valence electrons. The van der Waals surface area contributed by atoms with Crippen molar-refractivity contribution >= 4 is 23.2 Å². The zero-order chi connectivity index (χ0) is 24.9. The highest BCUT2D eigenvalue weighted by Gasteiger charge is 2.64. The summed E-state index contributed by atoms with van der Waals surface area (Å²) < 4.78 is 6.29. The molecule has 0 heterocycles. The molecule has 2 aromatic rings. The average Bonchev–Trinajstić information content (AvgIpc) is 2.81.